The smallest absolute Gasteiger partial charge is 0.123 e. The zero-order chi connectivity index (χ0) is 50.2. The Morgan fingerprint density at radius 3 is 1.15 bits per heavy atom. The minimum atomic E-state index is -0.291. The normalized spacial score (nSPS) is 11.7. The molecule has 5 nitrogen and oxygen atoms in total. The predicted molar refractivity (Wildman–Crippen MR) is 305 cm³/mol. The highest BCUT2D eigenvalue weighted by Gasteiger charge is 2.27. The highest BCUT2D eigenvalue weighted by molar-refractivity contribution is 5.98. The molecule has 0 atom stereocenters. The molecule has 0 aliphatic heterocycles. The lowest BCUT2D eigenvalue weighted by atomic mass is 9.97. The first-order valence-electron chi connectivity index (χ1n) is 24.9. The van der Waals surface area contributed by atoms with Crippen LogP contribution < -0.4 is 19.6 Å². The summed E-state index contributed by atoms with van der Waals surface area (Å²) in [7, 11) is 2.07. The first kappa shape index (κ1) is 46.9. The largest absolute Gasteiger partial charge is 0.345 e. The Morgan fingerprint density at radius 1 is 0.338 bits per heavy atom. The molecule has 0 saturated carbocycles. The van der Waals surface area contributed by atoms with Crippen LogP contribution in [-0.4, -0.2) is 11.6 Å². The van der Waals surface area contributed by atoms with Gasteiger partial charge < -0.3 is 24.2 Å². The molecule has 10 aromatic carbocycles. The minimum Gasteiger partial charge on any atom is -0.345 e. The molecule has 0 saturated heterocycles. The van der Waals surface area contributed by atoms with Gasteiger partial charge in [-0.1, -0.05) is 109 Å². The Bertz CT molecular complexity index is 3540. The van der Waals surface area contributed by atoms with Crippen LogP contribution in [0.4, 0.5) is 65.7 Å². The van der Waals surface area contributed by atoms with Gasteiger partial charge in [-0.05, 0) is 183 Å². The van der Waals surface area contributed by atoms with E-state index in [0.29, 0.717) is 0 Å². The fraction of sp³-hybridized carbons (Fsp3) is 0.0448. The van der Waals surface area contributed by atoms with E-state index in [4.69, 9.17) is 0 Å². The lowest BCUT2D eigenvalue weighted by Gasteiger charge is -2.31. The average molecular weight is 966 g/mol. The summed E-state index contributed by atoms with van der Waals surface area (Å²) in [4.78, 5) is 8.86. The lowest BCUT2D eigenvalue weighted by Crippen LogP contribution is -2.20. The molecule has 7 heteroatoms. The molecule has 1 heterocycles. The highest BCUT2D eigenvalue weighted by Crippen LogP contribution is 2.45. The second-order valence-corrected chi connectivity index (χ2v) is 18.1. The molecule has 0 spiro atoms. The number of rotatable bonds is 12. The van der Waals surface area contributed by atoms with E-state index in [1.54, 1.807) is 0 Å². The van der Waals surface area contributed by atoms with E-state index in [1.165, 1.54) is 30.0 Å². The zero-order valence-electron chi connectivity index (χ0n) is 41.0. The fourth-order valence-electron chi connectivity index (χ4n) is 9.91. The van der Waals surface area contributed by atoms with Crippen LogP contribution in [0.5, 0.6) is 0 Å². The maximum absolute atomic E-state index is 14.6. The molecule has 11 aromatic rings. The molecule has 1 aliphatic carbocycles. The number of nitrogens with zero attached hydrogens (tertiary/aromatic N) is 5. The molecule has 1 aromatic heterocycles. The molecule has 360 valence electrons. The first-order valence-corrected chi connectivity index (χ1v) is 24.9. The zero-order valence-corrected chi connectivity index (χ0v) is 41.0. The topological polar surface area (TPSA) is 17.9 Å². The number of anilines is 10. The third kappa shape index (κ3) is 9.92. The van der Waals surface area contributed by atoms with Crippen molar-refractivity contribution in [2.75, 3.05) is 26.6 Å². The number of fused-ring (bicyclic) bond motifs is 3. The van der Waals surface area contributed by atoms with Gasteiger partial charge in [0.15, 0.2) is 0 Å². The second kappa shape index (κ2) is 21.5. The Labute approximate surface area is 432 Å². The summed E-state index contributed by atoms with van der Waals surface area (Å²) in [5, 5.41) is 1.09. The van der Waals surface area contributed by atoms with E-state index in [9.17, 15) is 8.78 Å². The highest BCUT2D eigenvalue weighted by atomic mass is 19.1. The van der Waals surface area contributed by atoms with Crippen molar-refractivity contribution in [2.45, 2.75) is 12.8 Å². The molecule has 0 radical (unpaired) electrons. The van der Waals surface area contributed by atoms with Gasteiger partial charge in [0.05, 0.1) is 5.52 Å². The Balaban J connectivity index is 0.000000916. The van der Waals surface area contributed by atoms with Gasteiger partial charge in [-0.25, -0.2) is 8.78 Å². The van der Waals surface area contributed by atoms with E-state index in [-0.39, 0.29) is 11.6 Å². The van der Waals surface area contributed by atoms with Crippen molar-refractivity contribution in [3.8, 4) is 5.69 Å². The van der Waals surface area contributed by atoms with Crippen LogP contribution in [0.1, 0.15) is 17.7 Å². The molecule has 0 N–H and O–H groups in total. The number of para-hydroxylation sites is 4. The minimum absolute atomic E-state index is 0.285. The molecule has 0 fully saturated rings. The van der Waals surface area contributed by atoms with Crippen molar-refractivity contribution in [3.63, 3.8) is 0 Å². The number of halogens is 2. The van der Waals surface area contributed by atoms with Crippen molar-refractivity contribution in [2.24, 2.45) is 0 Å². The summed E-state index contributed by atoms with van der Waals surface area (Å²) in [5.74, 6) is -0.576. The van der Waals surface area contributed by atoms with Gasteiger partial charge in [0.2, 0.25) is 0 Å². The number of allylic oxidation sites excluding steroid dienone is 1. The number of aromatic nitrogens is 1. The molecule has 0 bridgehead atoms. The van der Waals surface area contributed by atoms with Gasteiger partial charge in [-0.15, -0.1) is 0 Å². The second-order valence-electron chi connectivity index (χ2n) is 18.1. The molecular weight excluding hydrogens is 913 g/mol. The molecule has 1 aliphatic rings. The molecule has 12 rings (SSSR count). The van der Waals surface area contributed by atoms with Crippen molar-refractivity contribution in [1.82, 2.24) is 4.57 Å². The Kier molecular flexibility index (Phi) is 13.6. The van der Waals surface area contributed by atoms with E-state index in [1.807, 2.05) is 97.1 Å². The summed E-state index contributed by atoms with van der Waals surface area (Å²) in [5.41, 5.74) is 15.4. The van der Waals surface area contributed by atoms with Crippen molar-refractivity contribution in [1.29, 1.82) is 0 Å². The van der Waals surface area contributed by atoms with E-state index in [0.717, 1.165) is 97.6 Å². The van der Waals surface area contributed by atoms with Gasteiger partial charge in [0, 0.05) is 91.9 Å². The summed E-state index contributed by atoms with van der Waals surface area (Å²) in [6, 6.07) is 90.8. The lowest BCUT2D eigenvalue weighted by molar-refractivity contribution is 0.627. The molecule has 0 unspecified atom stereocenters. The SMILES string of the molecule is CN(c1ccccc1)c1ccc(N(c2ccc(F)cc2)c2ccc3c(c2)c2c(n3-c3ccccc3)CCC(N(c3ccc(F)cc3)c3ccc(N(c4ccccc4)c4ccccc4)cc3)=C2)cc1.c1ccccc1. The maximum atomic E-state index is 14.6. The van der Waals surface area contributed by atoms with Crippen LogP contribution in [-0.2, 0) is 6.42 Å². The van der Waals surface area contributed by atoms with Crippen LogP contribution in [0.25, 0.3) is 22.7 Å². The standard InChI is InChI=1S/C61H47F2N5.C6H6/c1-64(46-14-6-2-7-15-46)47-30-32-54(33-31-47)66(51-26-22-44(62)23-27-51)56-38-40-60-58(42-56)59-43-57(39-41-61(59)68(60)50-20-12-5-13-21-50)67(52-28-24-45(63)25-29-52)55-36-34-53(35-37-55)65(48-16-8-3-9-17-48)49-18-10-4-11-19-49;1-2-4-6-5-3-1/h2-38,40,42-43H,39,41H2,1H3;1-6H. The number of benzene rings is 10. The van der Waals surface area contributed by atoms with Crippen LogP contribution in [0.3, 0.4) is 0 Å². The van der Waals surface area contributed by atoms with E-state index >= 15 is 0 Å². The fourth-order valence-corrected chi connectivity index (χ4v) is 9.91. The van der Waals surface area contributed by atoms with E-state index < -0.39 is 0 Å². The van der Waals surface area contributed by atoms with Gasteiger partial charge in [-0.2, -0.15) is 0 Å². The molecule has 74 heavy (non-hydrogen) atoms. The van der Waals surface area contributed by atoms with E-state index in [2.05, 4.69) is 189 Å². The number of hydrogen-bond donors (Lipinski definition) is 0. The number of hydrogen-bond acceptors (Lipinski definition) is 4. The quantitative estimate of drug-likeness (QED) is 0.121. The van der Waals surface area contributed by atoms with Crippen molar-refractivity contribution >= 4 is 73.9 Å². The van der Waals surface area contributed by atoms with Gasteiger partial charge in [0.25, 0.3) is 0 Å². The van der Waals surface area contributed by atoms with Gasteiger partial charge >= 0.3 is 0 Å². The first-order chi connectivity index (χ1) is 36.5. The summed E-state index contributed by atoms with van der Waals surface area (Å²) >= 11 is 0. The summed E-state index contributed by atoms with van der Waals surface area (Å²) in [6.07, 6.45) is 3.83. The van der Waals surface area contributed by atoms with Crippen molar-refractivity contribution in [3.05, 3.63) is 302 Å². The molecule has 0 amide bonds. The Morgan fingerprint density at radius 2 is 0.676 bits per heavy atom. The van der Waals surface area contributed by atoms with Crippen LogP contribution in [0, 0.1) is 11.6 Å². The summed E-state index contributed by atoms with van der Waals surface area (Å²) in [6.45, 7) is 0. The molecular formula is C67H53F2N5. The van der Waals surface area contributed by atoms with Gasteiger partial charge in [-0.3, -0.25) is 0 Å². The van der Waals surface area contributed by atoms with Gasteiger partial charge in [0.1, 0.15) is 11.6 Å². The third-order valence-electron chi connectivity index (χ3n) is 13.5. The van der Waals surface area contributed by atoms with Crippen LogP contribution >= 0.6 is 0 Å². The summed E-state index contributed by atoms with van der Waals surface area (Å²) < 4.78 is 31.5. The monoisotopic (exact) mass is 965 g/mol. The Hall–Kier alpha value is -9.46. The van der Waals surface area contributed by atoms with Crippen LogP contribution in [0.15, 0.2) is 279 Å². The third-order valence-corrected chi connectivity index (χ3v) is 13.5. The average Bonchev–Trinajstić information content (AvgIpc) is 3.80. The van der Waals surface area contributed by atoms with Crippen LogP contribution in [0.2, 0.25) is 0 Å². The predicted octanol–water partition coefficient (Wildman–Crippen LogP) is 18.4. The van der Waals surface area contributed by atoms with Crippen molar-refractivity contribution < 1.29 is 8.78 Å². The maximum Gasteiger partial charge on any atom is 0.123 e.